The number of hydrogen-bond acceptors (Lipinski definition) is 6. The van der Waals surface area contributed by atoms with E-state index in [0.717, 1.165) is 26.1 Å². The Labute approximate surface area is 240 Å². The fourth-order valence-corrected chi connectivity index (χ4v) is 7.67. The number of carbonyl (C=O) groups is 2. The molecule has 0 radical (unpaired) electrons. The Bertz CT molecular complexity index is 1770. The molecule has 3 atom stereocenters. The van der Waals surface area contributed by atoms with Crippen molar-refractivity contribution in [2.45, 2.75) is 26.2 Å². The lowest BCUT2D eigenvalue weighted by Crippen LogP contribution is -2.41. The van der Waals surface area contributed by atoms with Gasteiger partial charge in [0.25, 0.3) is 0 Å². The number of allylic oxidation sites excluding steroid dienone is 3. The van der Waals surface area contributed by atoms with E-state index < -0.39 is 17.3 Å². The van der Waals surface area contributed by atoms with Crippen molar-refractivity contribution in [1.82, 2.24) is 9.78 Å². The zero-order valence-corrected chi connectivity index (χ0v) is 24.1. The Morgan fingerprint density at radius 3 is 2.70 bits per heavy atom. The van der Waals surface area contributed by atoms with E-state index in [-0.39, 0.29) is 17.6 Å². The van der Waals surface area contributed by atoms with Gasteiger partial charge in [-0.25, -0.2) is 4.90 Å². The molecule has 6 rings (SSSR count). The quantitative estimate of drug-likeness (QED) is 0.266. The molecule has 1 fully saturated rings. The second-order valence-corrected chi connectivity index (χ2v) is 12.0. The lowest BCUT2D eigenvalue weighted by Gasteiger charge is -2.40. The van der Waals surface area contributed by atoms with Gasteiger partial charge in [-0.2, -0.15) is 5.10 Å². The first kappa shape index (κ1) is 26.3. The number of phenols is 1. The lowest BCUT2D eigenvalue weighted by molar-refractivity contribution is -0.127. The molecule has 4 aromatic rings. The Kier molecular flexibility index (Phi) is 6.16. The van der Waals surface area contributed by atoms with Crippen molar-refractivity contribution in [3.05, 3.63) is 82.9 Å². The summed E-state index contributed by atoms with van der Waals surface area (Å²) in [4.78, 5) is 30.6. The summed E-state index contributed by atoms with van der Waals surface area (Å²) in [5.41, 5.74) is 2.20. The highest BCUT2D eigenvalue weighted by Gasteiger charge is 2.62. The number of aromatic hydroxyl groups is 1. The van der Waals surface area contributed by atoms with Crippen molar-refractivity contribution in [1.29, 1.82) is 0 Å². The summed E-state index contributed by atoms with van der Waals surface area (Å²) in [5.74, 6) is -0.893. The number of phenolic OH excluding ortho intramolecular Hbond substituents is 1. The number of fused-ring (bicyclic) bond motifs is 2. The van der Waals surface area contributed by atoms with Gasteiger partial charge >= 0.3 is 0 Å². The average molecular weight is 574 g/mol. The first-order valence-corrected chi connectivity index (χ1v) is 14.1. The number of imide groups is 1. The van der Waals surface area contributed by atoms with Crippen LogP contribution >= 0.6 is 22.9 Å². The molecular formula is C31H28ClN3O4S. The van der Waals surface area contributed by atoms with Crippen molar-refractivity contribution in [2.75, 3.05) is 12.0 Å². The highest BCUT2D eigenvalue weighted by atomic mass is 35.5. The van der Waals surface area contributed by atoms with Crippen LogP contribution in [0.25, 0.3) is 20.7 Å². The molecule has 2 amide bonds. The molecule has 2 aromatic heterocycles. The number of amides is 2. The van der Waals surface area contributed by atoms with E-state index in [1.54, 1.807) is 41.3 Å². The summed E-state index contributed by atoms with van der Waals surface area (Å²) in [5, 5.41) is 17.0. The van der Waals surface area contributed by atoms with E-state index in [0.29, 0.717) is 34.3 Å². The fourth-order valence-electron chi connectivity index (χ4n) is 6.35. The van der Waals surface area contributed by atoms with Crippen LogP contribution in [0.1, 0.15) is 30.4 Å². The second kappa shape index (κ2) is 9.35. The molecule has 1 aliphatic carbocycles. The summed E-state index contributed by atoms with van der Waals surface area (Å²) >= 11 is 7.84. The number of carbonyl (C=O) groups excluding carboxylic acids is 2. The Hall–Kier alpha value is -3.88. The van der Waals surface area contributed by atoms with Gasteiger partial charge in [-0.1, -0.05) is 36.4 Å². The van der Waals surface area contributed by atoms with E-state index >= 15 is 0 Å². The van der Waals surface area contributed by atoms with Crippen LogP contribution in [0.2, 0.25) is 5.02 Å². The van der Waals surface area contributed by atoms with Crippen LogP contribution in [0.4, 0.5) is 5.82 Å². The number of halogens is 1. The largest absolute Gasteiger partial charge is 0.504 e. The van der Waals surface area contributed by atoms with E-state index in [1.807, 2.05) is 50.3 Å². The van der Waals surface area contributed by atoms with Gasteiger partial charge in [-0.15, -0.1) is 11.3 Å². The molecule has 9 heteroatoms. The number of aryl methyl sites for hydroxylation is 2. The number of rotatable bonds is 5. The van der Waals surface area contributed by atoms with Crippen LogP contribution in [-0.4, -0.2) is 33.8 Å². The number of thiophene rings is 1. The molecule has 0 spiro atoms. The van der Waals surface area contributed by atoms with E-state index in [1.165, 1.54) is 12.0 Å². The molecule has 3 unspecified atom stereocenters. The number of ether oxygens (including phenoxy) is 1. The third-order valence-corrected chi connectivity index (χ3v) is 9.95. The van der Waals surface area contributed by atoms with E-state index in [2.05, 4.69) is 6.58 Å². The van der Waals surface area contributed by atoms with E-state index in [4.69, 9.17) is 21.4 Å². The molecule has 1 N–H and O–H groups in total. The van der Waals surface area contributed by atoms with Gasteiger partial charge in [-0.05, 0) is 72.7 Å². The number of nitrogens with zero attached hydrogens (tertiary/aromatic N) is 3. The van der Waals surface area contributed by atoms with Crippen molar-refractivity contribution < 1.29 is 19.4 Å². The monoisotopic (exact) mass is 573 g/mol. The van der Waals surface area contributed by atoms with Crippen molar-refractivity contribution in [3.63, 3.8) is 0 Å². The maximum atomic E-state index is 14.4. The molecule has 1 aliphatic heterocycles. The second-order valence-electron chi connectivity index (χ2n) is 10.5. The fraction of sp³-hybridized carbons (Fsp3) is 0.258. The maximum Gasteiger partial charge on any atom is 0.242 e. The number of hydrogen-bond donors (Lipinski definition) is 1. The topological polar surface area (TPSA) is 84.7 Å². The van der Waals surface area contributed by atoms with Gasteiger partial charge in [0.2, 0.25) is 11.8 Å². The SMILES string of the molecule is C=CC1=CCC2C(=O)N(c3cc(-c4sc5ccc(Cl)cc5c4C)nn3C)C(=O)C2(C)C1c1ccc(OC)c(O)c1. The van der Waals surface area contributed by atoms with Crippen molar-refractivity contribution in [2.24, 2.45) is 18.4 Å². The predicted molar refractivity (Wildman–Crippen MR) is 158 cm³/mol. The minimum atomic E-state index is -1.09. The van der Waals surface area contributed by atoms with Crippen LogP contribution in [0.15, 0.2) is 66.8 Å². The number of benzene rings is 2. The van der Waals surface area contributed by atoms with Gasteiger partial charge in [0, 0.05) is 28.8 Å². The maximum absolute atomic E-state index is 14.4. The number of anilines is 1. The molecule has 204 valence electrons. The van der Waals surface area contributed by atoms with Gasteiger partial charge in [0.05, 0.1) is 23.3 Å². The molecular weight excluding hydrogens is 546 g/mol. The third kappa shape index (κ3) is 3.66. The molecule has 3 heterocycles. The molecule has 1 saturated heterocycles. The van der Waals surface area contributed by atoms with Crippen LogP contribution < -0.4 is 9.64 Å². The van der Waals surface area contributed by atoms with Gasteiger partial charge in [-0.3, -0.25) is 14.3 Å². The molecule has 40 heavy (non-hydrogen) atoms. The number of aromatic nitrogens is 2. The normalized spacial score (nSPS) is 22.5. The summed E-state index contributed by atoms with van der Waals surface area (Å²) in [6.07, 6.45) is 4.12. The molecule has 7 nitrogen and oxygen atoms in total. The molecule has 2 aliphatic rings. The van der Waals surface area contributed by atoms with Gasteiger partial charge in [0.1, 0.15) is 11.5 Å². The zero-order valence-electron chi connectivity index (χ0n) is 22.6. The first-order valence-electron chi connectivity index (χ1n) is 12.9. The molecule has 0 bridgehead atoms. The first-order chi connectivity index (χ1) is 19.1. The smallest absolute Gasteiger partial charge is 0.242 e. The Morgan fingerprint density at radius 1 is 1.23 bits per heavy atom. The lowest BCUT2D eigenvalue weighted by atomic mass is 9.60. The van der Waals surface area contributed by atoms with Gasteiger partial charge < -0.3 is 9.84 Å². The van der Waals surface area contributed by atoms with Gasteiger partial charge in [0.15, 0.2) is 11.5 Å². The van der Waals surface area contributed by atoms with Crippen LogP contribution in [0.5, 0.6) is 11.5 Å². The van der Waals surface area contributed by atoms with Crippen LogP contribution in [0.3, 0.4) is 0 Å². The summed E-state index contributed by atoms with van der Waals surface area (Å²) in [7, 11) is 3.23. The third-order valence-electron chi connectivity index (χ3n) is 8.42. The molecule has 0 saturated carbocycles. The molecule has 2 aromatic carbocycles. The highest BCUT2D eigenvalue weighted by molar-refractivity contribution is 7.22. The minimum absolute atomic E-state index is 0.0287. The standard InChI is InChI=1S/C31H28ClN3O4S/c1-6-17-7-10-21-29(37)35(30(38)31(21,3)27(17)18-8-11-24(39-5)23(36)13-18)26-15-22(33-34(26)4)28-16(2)20-14-19(32)9-12-25(20)40-28/h6-9,11-15,21,27,36H,1,10H2,2-5H3. The van der Waals surface area contributed by atoms with Crippen molar-refractivity contribution in [3.8, 4) is 22.1 Å². The predicted octanol–water partition coefficient (Wildman–Crippen LogP) is 6.77. The summed E-state index contributed by atoms with van der Waals surface area (Å²) in [6, 6.07) is 12.7. The Balaban J connectivity index is 1.44. The minimum Gasteiger partial charge on any atom is -0.504 e. The van der Waals surface area contributed by atoms with E-state index in [9.17, 15) is 14.7 Å². The van der Waals surface area contributed by atoms with Crippen LogP contribution in [-0.2, 0) is 16.6 Å². The zero-order chi connectivity index (χ0) is 28.5. The average Bonchev–Trinajstić information content (AvgIpc) is 3.52. The number of methoxy groups -OCH3 is 1. The highest BCUT2D eigenvalue weighted by Crippen LogP contribution is 2.57. The van der Waals surface area contributed by atoms with Crippen molar-refractivity contribution >= 4 is 50.7 Å². The van der Waals surface area contributed by atoms with Crippen LogP contribution in [0, 0.1) is 18.3 Å². The summed E-state index contributed by atoms with van der Waals surface area (Å²) in [6.45, 7) is 7.85. The summed E-state index contributed by atoms with van der Waals surface area (Å²) < 4.78 is 7.90. The Morgan fingerprint density at radius 2 is 2.00 bits per heavy atom.